The molecule has 1 aromatic heterocycles. The van der Waals surface area contributed by atoms with Gasteiger partial charge in [-0.15, -0.1) is 0 Å². The molecule has 1 aliphatic heterocycles. The van der Waals surface area contributed by atoms with E-state index in [1.165, 1.54) is 0 Å². The number of hydrogen-bond donors (Lipinski definition) is 1. The highest BCUT2D eigenvalue weighted by molar-refractivity contribution is 5.79. The number of rotatable bonds is 4. The van der Waals surface area contributed by atoms with Crippen LogP contribution in [0.4, 0.5) is 0 Å². The summed E-state index contributed by atoms with van der Waals surface area (Å²) in [6.45, 7) is 4.06. The average Bonchev–Trinajstić information content (AvgIpc) is 3.01. The fourth-order valence-electron chi connectivity index (χ4n) is 4.00. The third-order valence-corrected chi connectivity index (χ3v) is 5.49. The molecule has 2 heterocycles. The lowest BCUT2D eigenvalue weighted by Gasteiger charge is -2.28. The van der Waals surface area contributed by atoms with Gasteiger partial charge in [0.15, 0.2) is 0 Å². The number of aromatic nitrogens is 1. The van der Waals surface area contributed by atoms with Crippen LogP contribution in [0.15, 0.2) is 54.6 Å². The summed E-state index contributed by atoms with van der Waals surface area (Å²) in [6.07, 6.45) is 3.20. The van der Waals surface area contributed by atoms with Gasteiger partial charge < -0.3 is 10.1 Å². The summed E-state index contributed by atoms with van der Waals surface area (Å²) in [4.78, 5) is 4.70. The normalized spacial score (nSPS) is 18.2. The molecule has 0 bridgehead atoms. The van der Waals surface area contributed by atoms with Gasteiger partial charge in [-0.1, -0.05) is 30.3 Å². The Kier molecular flexibility index (Phi) is 5.55. The Labute approximate surface area is 166 Å². The largest absolute Gasteiger partial charge is 0.484 e. The standard InChI is InChI=1S/C24H25N3O/c1-17-8-9-18-10-11-20(15-22(18)27-17)24(19-6-4-13-26-14-12-19)28-23-7-3-2-5-21(23)16-25/h2-3,5,7-11,15,19,24,26H,4,6,12-14H2,1H3. The van der Waals surface area contributed by atoms with Crippen molar-refractivity contribution < 1.29 is 4.74 Å². The monoisotopic (exact) mass is 371 g/mol. The van der Waals surface area contributed by atoms with Crippen LogP contribution in [0.25, 0.3) is 10.9 Å². The molecule has 2 atom stereocenters. The van der Waals surface area contributed by atoms with Crippen molar-refractivity contribution >= 4 is 10.9 Å². The molecule has 1 saturated heterocycles. The third kappa shape index (κ3) is 4.00. The van der Waals surface area contributed by atoms with E-state index in [1.54, 1.807) is 0 Å². The van der Waals surface area contributed by atoms with E-state index in [1.807, 2.05) is 37.3 Å². The molecule has 4 heteroatoms. The Morgan fingerprint density at radius 1 is 1.11 bits per heavy atom. The molecule has 142 valence electrons. The molecule has 28 heavy (non-hydrogen) atoms. The van der Waals surface area contributed by atoms with Gasteiger partial charge in [-0.05, 0) is 69.1 Å². The minimum absolute atomic E-state index is 0.0962. The van der Waals surface area contributed by atoms with Crippen LogP contribution in [0.5, 0.6) is 5.75 Å². The number of nitrogens with zero attached hydrogens (tertiary/aromatic N) is 2. The van der Waals surface area contributed by atoms with Gasteiger partial charge >= 0.3 is 0 Å². The second-order valence-electron chi connectivity index (χ2n) is 7.49. The van der Waals surface area contributed by atoms with Crippen LogP contribution in [0.2, 0.25) is 0 Å². The first kappa shape index (κ1) is 18.5. The number of nitriles is 1. The van der Waals surface area contributed by atoms with E-state index in [0.29, 0.717) is 17.2 Å². The molecule has 1 fully saturated rings. The maximum atomic E-state index is 9.48. The zero-order valence-electron chi connectivity index (χ0n) is 16.2. The maximum Gasteiger partial charge on any atom is 0.138 e. The van der Waals surface area contributed by atoms with Gasteiger partial charge in [0, 0.05) is 17.0 Å². The number of para-hydroxylation sites is 1. The predicted molar refractivity (Wildman–Crippen MR) is 111 cm³/mol. The Morgan fingerprint density at radius 3 is 2.86 bits per heavy atom. The molecule has 3 aromatic rings. The van der Waals surface area contributed by atoms with Crippen molar-refractivity contribution in [3.8, 4) is 11.8 Å². The maximum absolute atomic E-state index is 9.48. The number of hydrogen-bond acceptors (Lipinski definition) is 4. The van der Waals surface area contributed by atoms with Gasteiger partial charge in [-0.3, -0.25) is 4.98 Å². The van der Waals surface area contributed by atoms with Gasteiger partial charge in [-0.2, -0.15) is 5.26 Å². The molecule has 4 nitrogen and oxygen atoms in total. The van der Waals surface area contributed by atoms with E-state index in [4.69, 9.17) is 9.72 Å². The van der Waals surface area contributed by atoms with Crippen LogP contribution in [0.1, 0.15) is 42.2 Å². The van der Waals surface area contributed by atoms with Crippen LogP contribution in [0, 0.1) is 24.2 Å². The molecule has 0 amide bonds. The second kappa shape index (κ2) is 8.41. The van der Waals surface area contributed by atoms with Gasteiger partial charge in [-0.25, -0.2) is 0 Å². The van der Waals surface area contributed by atoms with Crippen LogP contribution in [0.3, 0.4) is 0 Å². The van der Waals surface area contributed by atoms with Crippen molar-refractivity contribution in [2.45, 2.75) is 32.3 Å². The summed E-state index contributed by atoms with van der Waals surface area (Å²) in [5.41, 5.74) is 3.71. The number of pyridine rings is 1. The number of benzene rings is 2. The molecule has 0 saturated carbocycles. The first-order valence-electron chi connectivity index (χ1n) is 9.98. The Morgan fingerprint density at radius 2 is 1.96 bits per heavy atom. The molecule has 0 spiro atoms. The fourth-order valence-corrected chi connectivity index (χ4v) is 4.00. The first-order chi connectivity index (χ1) is 13.7. The van der Waals surface area contributed by atoms with Gasteiger partial charge in [0.2, 0.25) is 0 Å². The summed E-state index contributed by atoms with van der Waals surface area (Å²) in [5.74, 6) is 1.05. The van der Waals surface area contributed by atoms with Crippen molar-refractivity contribution in [2.24, 2.45) is 5.92 Å². The quantitative estimate of drug-likeness (QED) is 0.707. The molecule has 0 aliphatic carbocycles. The number of nitrogens with one attached hydrogen (secondary N) is 1. The van der Waals surface area contributed by atoms with E-state index in [9.17, 15) is 5.26 Å². The van der Waals surface area contributed by atoms with Crippen LogP contribution in [-0.2, 0) is 0 Å². The van der Waals surface area contributed by atoms with E-state index in [0.717, 1.165) is 54.5 Å². The predicted octanol–water partition coefficient (Wildman–Crippen LogP) is 4.92. The van der Waals surface area contributed by atoms with Crippen molar-refractivity contribution in [2.75, 3.05) is 13.1 Å². The summed E-state index contributed by atoms with van der Waals surface area (Å²) < 4.78 is 6.52. The lowest BCUT2D eigenvalue weighted by molar-refractivity contribution is 0.125. The summed E-state index contributed by atoms with van der Waals surface area (Å²) in [7, 11) is 0. The van der Waals surface area contributed by atoms with Crippen LogP contribution in [-0.4, -0.2) is 18.1 Å². The SMILES string of the molecule is Cc1ccc2ccc(C(Oc3ccccc3C#N)C3CCCNCC3)cc2n1. The highest BCUT2D eigenvalue weighted by Crippen LogP contribution is 2.36. The fraction of sp³-hybridized carbons (Fsp3) is 0.333. The van der Waals surface area contributed by atoms with Gasteiger partial charge in [0.1, 0.15) is 17.9 Å². The van der Waals surface area contributed by atoms with E-state index in [2.05, 4.69) is 35.7 Å². The van der Waals surface area contributed by atoms with Crippen molar-refractivity contribution in [1.29, 1.82) is 5.26 Å². The average molecular weight is 371 g/mol. The van der Waals surface area contributed by atoms with Gasteiger partial charge in [0.25, 0.3) is 0 Å². The van der Waals surface area contributed by atoms with Crippen molar-refractivity contribution in [1.82, 2.24) is 10.3 Å². The Hall–Kier alpha value is -2.90. The second-order valence-corrected chi connectivity index (χ2v) is 7.49. The topological polar surface area (TPSA) is 57.9 Å². The number of fused-ring (bicyclic) bond motifs is 1. The zero-order valence-corrected chi connectivity index (χ0v) is 16.2. The van der Waals surface area contributed by atoms with E-state index >= 15 is 0 Å². The molecule has 2 aromatic carbocycles. The molecule has 1 N–H and O–H groups in total. The minimum Gasteiger partial charge on any atom is -0.484 e. The van der Waals surface area contributed by atoms with Gasteiger partial charge in [0.05, 0.1) is 11.1 Å². The molecule has 1 aliphatic rings. The minimum atomic E-state index is -0.0962. The smallest absolute Gasteiger partial charge is 0.138 e. The number of ether oxygens (including phenoxy) is 1. The third-order valence-electron chi connectivity index (χ3n) is 5.49. The molecule has 4 rings (SSSR count). The summed E-state index contributed by atoms with van der Waals surface area (Å²) in [6, 6.07) is 20.3. The van der Waals surface area contributed by atoms with Crippen molar-refractivity contribution in [3.05, 3.63) is 71.4 Å². The highest BCUT2D eigenvalue weighted by Gasteiger charge is 2.27. The molecular formula is C24H25N3O. The molecular weight excluding hydrogens is 346 g/mol. The number of aryl methyl sites for hydroxylation is 1. The van der Waals surface area contributed by atoms with Crippen LogP contribution >= 0.6 is 0 Å². The van der Waals surface area contributed by atoms with Crippen LogP contribution < -0.4 is 10.1 Å². The lowest BCUT2D eigenvalue weighted by atomic mass is 9.89. The summed E-state index contributed by atoms with van der Waals surface area (Å²) >= 11 is 0. The Bertz CT molecular complexity index is 1000. The summed E-state index contributed by atoms with van der Waals surface area (Å²) in [5, 5.41) is 14.1. The first-order valence-corrected chi connectivity index (χ1v) is 9.98. The molecule has 0 radical (unpaired) electrons. The van der Waals surface area contributed by atoms with E-state index < -0.39 is 0 Å². The lowest BCUT2D eigenvalue weighted by Crippen LogP contribution is -2.21. The zero-order chi connectivity index (χ0) is 19.3. The molecule has 2 unspecified atom stereocenters. The van der Waals surface area contributed by atoms with E-state index in [-0.39, 0.29) is 6.10 Å². The van der Waals surface area contributed by atoms with Crippen molar-refractivity contribution in [3.63, 3.8) is 0 Å². The Balaban J connectivity index is 1.74. The highest BCUT2D eigenvalue weighted by atomic mass is 16.5.